The van der Waals surface area contributed by atoms with Gasteiger partial charge in [0.1, 0.15) is 11.6 Å². The fraction of sp³-hybridized carbons (Fsp3) is 0.0588. The van der Waals surface area contributed by atoms with Crippen LogP contribution in [0.3, 0.4) is 0 Å². The number of fused-ring (bicyclic) bond motifs is 2. The van der Waals surface area contributed by atoms with Crippen molar-refractivity contribution in [3.63, 3.8) is 0 Å². The number of rotatable bonds is 1. The van der Waals surface area contributed by atoms with Crippen molar-refractivity contribution in [3.05, 3.63) is 59.1 Å². The lowest BCUT2D eigenvalue weighted by Crippen LogP contribution is -1.94. The van der Waals surface area contributed by atoms with Gasteiger partial charge >= 0.3 is 0 Å². The van der Waals surface area contributed by atoms with E-state index in [1.54, 1.807) is 18.5 Å². The second kappa shape index (κ2) is 4.88. The van der Waals surface area contributed by atoms with Gasteiger partial charge in [0.25, 0.3) is 0 Å². The van der Waals surface area contributed by atoms with Gasteiger partial charge in [-0.3, -0.25) is 4.98 Å². The Labute approximate surface area is 134 Å². The van der Waals surface area contributed by atoms with E-state index in [1.165, 1.54) is 6.07 Å². The van der Waals surface area contributed by atoms with Gasteiger partial charge in [-0.25, -0.2) is 9.37 Å². The maximum atomic E-state index is 14.0. The van der Waals surface area contributed by atoms with Crippen molar-refractivity contribution in [2.24, 2.45) is 7.05 Å². The van der Waals surface area contributed by atoms with Crippen LogP contribution < -0.4 is 0 Å². The highest BCUT2D eigenvalue weighted by Crippen LogP contribution is 2.31. The van der Waals surface area contributed by atoms with E-state index >= 15 is 0 Å². The third-order valence-electron chi connectivity index (χ3n) is 3.83. The molecule has 0 amide bonds. The van der Waals surface area contributed by atoms with Gasteiger partial charge in [0.2, 0.25) is 0 Å². The summed E-state index contributed by atoms with van der Waals surface area (Å²) in [6.07, 6.45) is 3.28. The molecule has 2 aromatic heterocycles. The average molecular weight is 356 g/mol. The van der Waals surface area contributed by atoms with Crippen LogP contribution in [0.2, 0.25) is 0 Å². The monoisotopic (exact) mass is 355 g/mol. The van der Waals surface area contributed by atoms with Gasteiger partial charge < -0.3 is 4.57 Å². The second-order valence-electron chi connectivity index (χ2n) is 5.15. The first-order valence-corrected chi connectivity index (χ1v) is 7.59. The number of aryl methyl sites for hydroxylation is 1. The van der Waals surface area contributed by atoms with Crippen molar-refractivity contribution in [3.8, 4) is 11.4 Å². The van der Waals surface area contributed by atoms with Crippen LogP contribution in [-0.4, -0.2) is 14.5 Å². The molecule has 0 radical (unpaired) electrons. The summed E-state index contributed by atoms with van der Waals surface area (Å²) in [6, 6.07) is 11.0. The Morgan fingerprint density at radius 3 is 2.82 bits per heavy atom. The summed E-state index contributed by atoms with van der Waals surface area (Å²) in [6.45, 7) is 0. The van der Waals surface area contributed by atoms with Crippen molar-refractivity contribution in [2.75, 3.05) is 0 Å². The molecule has 0 unspecified atom stereocenters. The standard InChI is InChI=1S/C17H11BrFN3/c1-22-16-6-5-10(18)7-15(16)21-17(22)13-9-20-8-12-11(13)3-2-4-14(12)19/h2-9H,1H3. The van der Waals surface area contributed by atoms with Gasteiger partial charge in [0.05, 0.1) is 11.0 Å². The highest BCUT2D eigenvalue weighted by molar-refractivity contribution is 9.10. The molecular weight excluding hydrogens is 345 g/mol. The molecule has 0 atom stereocenters. The van der Waals surface area contributed by atoms with Crippen LogP contribution in [-0.2, 0) is 7.05 Å². The SMILES string of the molecule is Cn1c(-c2cncc3c(F)cccc23)nc2cc(Br)ccc21. The molecular formula is C17H11BrFN3. The van der Waals surface area contributed by atoms with Gasteiger partial charge in [-0.15, -0.1) is 0 Å². The van der Waals surface area contributed by atoms with Crippen molar-refractivity contribution >= 4 is 37.7 Å². The van der Waals surface area contributed by atoms with Gasteiger partial charge in [-0.05, 0) is 29.7 Å². The lowest BCUT2D eigenvalue weighted by molar-refractivity contribution is 0.639. The Morgan fingerprint density at radius 1 is 1.09 bits per heavy atom. The summed E-state index contributed by atoms with van der Waals surface area (Å²) in [5.74, 6) is 0.505. The van der Waals surface area contributed by atoms with Crippen LogP contribution in [0.1, 0.15) is 0 Å². The zero-order valence-electron chi connectivity index (χ0n) is 11.7. The van der Waals surface area contributed by atoms with Gasteiger partial charge in [0, 0.05) is 34.9 Å². The van der Waals surface area contributed by atoms with Crippen LogP contribution in [0.25, 0.3) is 33.2 Å². The molecule has 2 heterocycles. The van der Waals surface area contributed by atoms with E-state index in [0.717, 1.165) is 32.3 Å². The fourth-order valence-electron chi connectivity index (χ4n) is 2.75. The smallest absolute Gasteiger partial charge is 0.143 e. The lowest BCUT2D eigenvalue weighted by atomic mass is 10.1. The Kier molecular flexibility index (Phi) is 2.97. The molecule has 0 fully saturated rings. The number of pyridine rings is 1. The fourth-order valence-corrected chi connectivity index (χ4v) is 3.10. The number of imidazole rings is 1. The highest BCUT2D eigenvalue weighted by atomic mass is 79.9. The van der Waals surface area contributed by atoms with E-state index < -0.39 is 0 Å². The minimum Gasteiger partial charge on any atom is -0.327 e. The zero-order valence-corrected chi connectivity index (χ0v) is 13.3. The van der Waals surface area contributed by atoms with Crippen molar-refractivity contribution in [1.82, 2.24) is 14.5 Å². The first-order chi connectivity index (χ1) is 10.6. The molecule has 4 rings (SSSR count). The van der Waals surface area contributed by atoms with Crippen molar-refractivity contribution < 1.29 is 4.39 Å². The minimum absolute atomic E-state index is 0.270. The molecule has 108 valence electrons. The Hall–Kier alpha value is -2.27. The average Bonchev–Trinajstić information content (AvgIpc) is 2.83. The third kappa shape index (κ3) is 1.93. The Balaban J connectivity index is 2.07. The predicted molar refractivity (Wildman–Crippen MR) is 89.1 cm³/mol. The molecule has 3 nitrogen and oxygen atoms in total. The van der Waals surface area contributed by atoms with E-state index in [4.69, 9.17) is 4.98 Å². The summed E-state index contributed by atoms with van der Waals surface area (Å²) in [4.78, 5) is 8.87. The second-order valence-corrected chi connectivity index (χ2v) is 6.07. The molecule has 0 aliphatic heterocycles. The molecule has 0 N–H and O–H groups in total. The van der Waals surface area contributed by atoms with Gasteiger partial charge in [0.15, 0.2) is 0 Å². The topological polar surface area (TPSA) is 30.7 Å². The lowest BCUT2D eigenvalue weighted by Gasteiger charge is -2.06. The predicted octanol–water partition coefficient (Wildman–Crippen LogP) is 4.69. The minimum atomic E-state index is -0.270. The third-order valence-corrected chi connectivity index (χ3v) is 4.33. The van der Waals surface area contributed by atoms with E-state index in [0.29, 0.717) is 5.39 Å². The molecule has 0 aliphatic rings. The van der Waals surface area contributed by atoms with Crippen molar-refractivity contribution in [2.45, 2.75) is 0 Å². The Morgan fingerprint density at radius 2 is 1.95 bits per heavy atom. The summed E-state index contributed by atoms with van der Waals surface area (Å²) >= 11 is 3.46. The number of halogens is 2. The molecule has 0 aliphatic carbocycles. The number of hydrogen-bond donors (Lipinski definition) is 0. The summed E-state index contributed by atoms with van der Waals surface area (Å²) in [5.41, 5.74) is 2.73. The summed E-state index contributed by atoms with van der Waals surface area (Å²) in [7, 11) is 1.96. The first-order valence-electron chi connectivity index (χ1n) is 6.80. The van der Waals surface area contributed by atoms with Crippen LogP contribution in [0, 0.1) is 5.82 Å². The zero-order chi connectivity index (χ0) is 15.3. The summed E-state index contributed by atoms with van der Waals surface area (Å²) in [5, 5.41) is 1.32. The molecule has 2 aromatic carbocycles. The molecule has 0 saturated heterocycles. The maximum absolute atomic E-state index is 14.0. The van der Waals surface area contributed by atoms with Crippen LogP contribution >= 0.6 is 15.9 Å². The Bertz CT molecular complexity index is 1020. The number of nitrogens with zero attached hydrogens (tertiary/aromatic N) is 3. The van der Waals surface area contributed by atoms with Crippen molar-refractivity contribution in [1.29, 1.82) is 0 Å². The normalized spacial score (nSPS) is 11.4. The van der Waals surface area contributed by atoms with E-state index in [1.807, 2.05) is 35.9 Å². The molecule has 5 heteroatoms. The van der Waals surface area contributed by atoms with Crippen LogP contribution in [0.4, 0.5) is 4.39 Å². The number of benzene rings is 2. The van der Waals surface area contributed by atoms with Crippen LogP contribution in [0.5, 0.6) is 0 Å². The molecule has 0 spiro atoms. The van der Waals surface area contributed by atoms with Crippen LogP contribution in [0.15, 0.2) is 53.3 Å². The van der Waals surface area contributed by atoms with E-state index in [-0.39, 0.29) is 5.82 Å². The molecule has 0 saturated carbocycles. The number of aromatic nitrogens is 3. The van der Waals surface area contributed by atoms with E-state index in [9.17, 15) is 4.39 Å². The molecule has 4 aromatic rings. The first kappa shape index (κ1) is 13.4. The number of hydrogen-bond acceptors (Lipinski definition) is 2. The summed E-state index contributed by atoms with van der Waals surface area (Å²) < 4.78 is 16.9. The van der Waals surface area contributed by atoms with Gasteiger partial charge in [-0.1, -0.05) is 28.1 Å². The maximum Gasteiger partial charge on any atom is 0.143 e. The molecule has 22 heavy (non-hydrogen) atoms. The van der Waals surface area contributed by atoms with Gasteiger partial charge in [-0.2, -0.15) is 0 Å². The highest BCUT2D eigenvalue weighted by Gasteiger charge is 2.14. The van der Waals surface area contributed by atoms with E-state index in [2.05, 4.69) is 20.9 Å². The molecule has 0 bridgehead atoms. The quantitative estimate of drug-likeness (QED) is 0.495. The largest absolute Gasteiger partial charge is 0.327 e.